The highest BCUT2D eigenvalue weighted by molar-refractivity contribution is 5.91. The van der Waals surface area contributed by atoms with Crippen molar-refractivity contribution >= 4 is 5.52 Å². The van der Waals surface area contributed by atoms with Gasteiger partial charge in [0.25, 0.3) is 5.56 Å². The predicted octanol–water partition coefficient (Wildman–Crippen LogP) is 4.99. The second-order valence-corrected chi connectivity index (χ2v) is 7.65. The second kappa shape index (κ2) is 8.11. The standard InChI is InChI=1S/C25H21N5O2/c1-17(2)30-23(31)12-11-20(27-30)24-21-16-19(32-22-10-6-7-14-26-22)13-15-29(21)28-25(24)18-8-4-3-5-9-18/h3-17H,1-2H3. The first-order valence-electron chi connectivity index (χ1n) is 10.4. The first-order valence-corrected chi connectivity index (χ1v) is 10.4. The van der Waals surface area contributed by atoms with Gasteiger partial charge in [0.15, 0.2) is 0 Å². The van der Waals surface area contributed by atoms with Gasteiger partial charge in [-0.1, -0.05) is 36.4 Å². The summed E-state index contributed by atoms with van der Waals surface area (Å²) in [7, 11) is 0. The van der Waals surface area contributed by atoms with Crippen molar-refractivity contribution in [3.8, 4) is 34.1 Å². The molecule has 0 aliphatic heterocycles. The maximum Gasteiger partial charge on any atom is 0.267 e. The normalized spacial score (nSPS) is 11.2. The van der Waals surface area contributed by atoms with E-state index in [1.165, 1.54) is 4.68 Å². The van der Waals surface area contributed by atoms with Gasteiger partial charge in [-0.25, -0.2) is 14.2 Å². The minimum atomic E-state index is -0.138. The minimum absolute atomic E-state index is 0.0625. The SMILES string of the molecule is CC(C)n1nc(-c2c(-c3ccccc3)nn3ccc(Oc4ccccn4)cc23)ccc1=O. The summed E-state index contributed by atoms with van der Waals surface area (Å²) >= 11 is 0. The van der Waals surface area contributed by atoms with E-state index in [9.17, 15) is 4.79 Å². The third-order valence-electron chi connectivity index (χ3n) is 5.08. The van der Waals surface area contributed by atoms with Crippen LogP contribution in [0.1, 0.15) is 19.9 Å². The first kappa shape index (κ1) is 19.7. The molecule has 0 fully saturated rings. The van der Waals surface area contributed by atoms with Crippen LogP contribution in [-0.2, 0) is 0 Å². The van der Waals surface area contributed by atoms with Gasteiger partial charge in [0.1, 0.15) is 11.4 Å². The molecule has 7 heteroatoms. The molecule has 0 saturated heterocycles. The van der Waals surface area contributed by atoms with Gasteiger partial charge in [-0.05, 0) is 32.0 Å². The van der Waals surface area contributed by atoms with Gasteiger partial charge >= 0.3 is 0 Å². The van der Waals surface area contributed by atoms with E-state index in [0.717, 1.165) is 22.3 Å². The summed E-state index contributed by atoms with van der Waals surface area (Å²) in [6.07, 6.45) is 3.53. The van der Waals surface area contributed by atoms with Crippen molar-refractivity contribution in [1.82, 2.24) is 24.4 Å². The van der Waals surface area contributed by atoms with E-state index in [4.69, 9.17) is 9.84 Å². The Morgan fingerprint density at radius 3 is 2.47 bits per heavy atom. The molecule has 0 saturated carbocycles. The zero-order valence-electron chi connectivity index (χ0n) is 17.7. The highest BCUT2D eigenvalue weighted by Crippen LogP contribution is 2.35. The van der Waals surface area contributed by atoms with E-state index < -0.39 is 0 Å². The molecule has 0 aliphatic carbocycles. The second-order valence-electron chi connectivity index (χ2n) is 7.65. The quantitative estimate of drug-likeness (QED) is 0.398. The van der Waals surface area contributed by atoms with Crippen LogP contribution in [0.5, 0.6) is 11.6 Å². The molecule has 5 aromatic rings. The van der Waals surface area contributed by atoms with E-state index in [1.807, 2.05) is 74.6 Å². The van der Waals surface area contributed by atoms with Gasteiger partial charge in [-0.2, -0.15) is 10.2 Å². The predicted molar refractivity (Wildman–Crippen MR) is 123 cm³/mol. The van der Waals surface area contributed by atoms with E-state index in [1.54, 1.807) is 28.9 Å². The molecule has 4 heterocycles. The van der Waals surface area contributed by atoms with E-state index in [2.05, 4.69) is 10.1 Å². The van der Waals surface area contributed by atoms with E-state index in [-0.39, 0.29) is 11.6 Å². The summed E-state index contributed by atoms with van der Waals surface area (Å²) < 4.78 is 9.23. The topological polar surface area (TPSA) is 74.3 Å². The van der Waals surface area contributed by atoms with Crippen molar-refractivity contribution in [3.63, 3.8) is 0 Å². The van der Waals surface area contributed by atoms with Crippen molar-refractivity contribution in [2.24, 2.45) is 0 Å². The van der Waals surface area contributed by atoms with Crippen LogP contribution in [0, 0.1) is 0 Å². The highest BCUT2D eigenvalue weighted by Gasteiger charge is 2.19. The largest absolute Gasteiger partial charge is 0.439 e. The maximum atomic E-state index is 12.3. The van der Waals surface area contributed by atoms with Gasteiger partial charge in [-0.15, -0.1) is 0 Å². The van der Waals surface area contributed by atoms with Gasteiger partial charge in [-0.3, -0.25) is 4.79 Å². The molecular weight excluding hydrogens is 402 g/mol. The van der Waals surface area contributed by atoms with Crippen LogP contribution >= 0.6 is 0 Å². The number of pyridine rings is 2. The molecule has 32 heavy (non-hydrogen) atoms. The Hall–Kier alpha value is -4.26. The molecule has 0 aliphatic rings. The maximum absolute atomic E-state index is 12.3. The molecule has 0 N–H and O–H groups in total. The Labute approximate surface area is 184 Å². The monoisotopic (exact) mass is 423 g/mol. The number of rotatable bonds is 5. The van der Waals surface area contributed by atoms with Gasteiger partial charge < -0.3 is 4.74 Å². The van der Waals surface area contributed by atoms with Crippen molar-refractivity contribution in [2.45, 2.75) is 19.9 Å². The molecule has 0 amide bonds. The average Bonchev–Trinajstić information content (AvgIpc) is 3.19. The van der Waals surface area contributed by atoms with Crippen LogP contribution in [0.2, 0.25) is 0 Å². The van der Waals surface area contributed by atoms with Crippen LogP contribution in [0.4, 0.5) is 0 Å². The Morgan fingerprint density at radius 2 is 1.72 bits per heavy atom. The fourth-order valence-corrected chi connectivity index (χ4v) is 3.60. The Balaban J connectivity index is 1.73. The number of aromatic nitrogens is 5. The molecule has 158 valence electrons. The summed E-state index contributed by atoms with van der Waals surface area (Å²) in [5.74, 6) is 1.14. The summed E-state index contributed by atoms with van der Waals surface area (Å²) in [4.78, 5) is 16.5. The molecule has 0 radical (unpaired) electrons. The van der Waals surface area contributed by atoms with Gasteiger partial charge in [0.2, 0.25) is 5.88 Å². The Kier molecular flexibility index (Phi) is 4.99. The number of nitrogens with zero attached hydrogens (tertiary/aromatic N) is 5. The molecule has 0 spiro atoms. The zero-order chi connectivity index (χ0) is 22.1. The number of hydrogen-bond donors (Lipinski definition) is 0. The minimum Gasteiger partial charge on any atom is -0.439 e. The molecule has 1 aromatic carbocycles. The van der Waals surface area contributed by atoms with Gasteiger partial charge in [0.05, 0.1) is 22.8 Å². The molecular formula is C25H21N5O2. The molecule has 0 bridgehead atoms. The van der Waals surface area contributed by atoms with Crippen LogP contribution in [-0.4, -0.2) is 24.4 Å². The Bertz CT molecular complexity index is 1440. The number of benzene rings is 1. The third kappa shape index (κ3) is 3.65. The fraction of sp³-hybridized carbons (Fsp3) is 0.120. The number of hydrogen-bond acceptors (Lipinski definition) is 5. The van der Waals surface area contributed by atoms with Crippen LogP contribution in [0.15, 0.2) is 90.0 Å². The lowest BCUT2D eigenvalue weighted by Crippen LogP contribution is -2.23. The van der Waals surface area contributed by atoms with Crippen molar-refractivity contribution in [2.75, 3.05) is 0 Å². The average molecular weight is 423 g/mol. The van der Waals surface area contributed by atoms with Crippen LogP contribution in [0.25, 0.3) is 28.0 Å². The Morgan fingerprint density at radius 1 is 0.906 bits per heavy atom. The molecule has 5 rings (SSSR count). The zero-order valence-corrected chi connectivity index (χ0v) is 17.7. The van der Waals surface area contributed by atoms with Crippen LogP contribution < -0.4 is 10.3 Å². The van der Waals surface area contributed by atoms with Crippen molar-refractivity contribution in [3.05, 3.63) is 95.5 Å². The smallest absolute Gasteiger partial charge is 0.267 e. The molecule has 7 nitrogen and oxygen atoms in total. The lowest BCUT2D eigenvalue weighted by Gasteiger charge is -2.11. The number of fused-ring (bicyclic) bond motifs is 1. The van der Waals surface area contributed by atoms with Gasteiger partial charge in [0, 0.05) is 36.2 Å². The summed E-state index contributed by atoms with van der Waals surface area (Å²) in [6.45, 7) is 3.87. The van der Waals surface area contributed by atoms with Crippen molar-refractivity contribution < 1.29 is 4.74 Å². The fourth-order valence-electron chi connectivity index (χ4n) is 3.60. The molecule has 0 atom stereocenters. The molecule has 4 aromatic heterocycles. The van der Waals surface area contributed by atoms with Crippen LogP contribution in [0.3, 0.4) is 0 Å². The molecule has 0 unspecified atom stereocenters. The van der Waals surface area contributed by atoms with E-state index in [0.29, 0.717) is 17.3 Å². The number of ether oxygens (including phenoxy) is 1. The first-order chi connectivity index (χ1) is 15.6. The summed E-state index contributed by atoms with van der Waals surface area (Å²) in [5, 5.41) is 9.48. The lowest BCUT2D eigenvalue weighted by molar-refractivity contribution is 0.462. The van der Waals surface area contributed by atoms with Crippen molar-refractivity contribution in [1.29, 1.82) is 0 Å². The third-order valence-corrected chi connectivity index (χ3v) is 5.08. The van der Waals surface area contributed by atoms with E-state index >= 15 is 0 Å². The highest BCUT2D eigenvalue weighted by atomic mass is 16.5. The lowest BCUT2D eigenvalue weighted by atomic mass is 10.0. The summed E-state index contributed by atoms with van der Waals surface area (Å²) in [5.41, 5.74) is 3.92. The summed E-state index contributed by atoms with van der Waals surface area (Å²) in [6, 6.07) is 22.4.